The summed E-state index contributed by atoms with van der Waals surface area (Å²) in [5.74, 6) is 0. The quantitative estimate of drug-likeness (QED) is 0.140. The molecule has 324 valence electrons. The minimum Gasteiger partial charge on any atom is -0.311 e. The SMILES string of the molecule is CC1(C)c2ccccc2-c2ccc(N(c3ccc4c(c3)C(C)(C)c3ccccc3-4)c3ccc4c(c3)C(C)(C)c3cc(/C=C/c5ccc(N(c6ccccc6)c6ccccc6)cc5)ccc3-4)cc21. The molecule has 3 aliphatic carbocycles. The summed E-state index contributed by atoms with van der Waals surface area (Å²) < 4.78 is 0. The van der Waals surface area contributed by atoms with Crippen LogP contribution < -0.4 is 9.80 Å². The lowest BCUT2D eigenvalue weighted by molar-refractivity contribution is 0.659. The number of para-hydroxylation sites is 2. The van der Waals surface area contributed by atoms with Crippen molar-refractivity contribution in [2.75, 3.05) is 9.80 Å². The van der Waals surface area contributed by atoms with Crippen molar-refractivity contribution in [3.63, 3.8) is 0 Å². The van der Waals surface area contributed by atoms with Crippen LogP contribution in [0.15, 0.2) is 206 Å². The van der Waals surface area contributed by atoms with Gasteiger partial charge in [-0.25, -0.2) is 0 Å². The second-order valence-electron chi connectivity index (χ2n) is 20.2. The highest BCUT2D eigenvalue weighted by Crippen LogP contribution is 2.55. The van der Waals surface area contributed by atoms with Crippen molar-refractivity contribution >= 4 is 46.3 Å². The number of rotatable bonds is 8. The van der Waals surface area contributed by atoms with Crippen molar-refractivity contribution in [2.24, 2.45) is 0 Å². The Labute approximate surface area is 396 Å². The third-order valence-corrected chi connectivity index (χ3v) is 15.2. The molecular weight excluding hydrogens is 809 g/mol. The maximum absolute atomic E-state index is 2.51. The van der Waals surface area contributed by atoms with Crippen molar-refractivity contribution < 1.29 is 0 Å². The van der Waals surface area contributed by atoms with E-state index in [0.29, 0.717) is 0 Å². The zero-order valence-electron chi connectivity index (χ0n) is 39.2. The summed E-state index contributed by atoms with van der Waals surface area (Å²) in [7, 11) is 0. The predicted octanol–water partition coefficient (Wildman–Crippen LogP) is 17.7. The summed E-state index contributed by atoms with van der Waals surface area (Å²) in [6, 6.07) is 76.4. The lowest BCUT2D eigenvalue weighted by Crippen LogP contribution is -2.19. The van der Waals surface area contributed by atoms with Crippen molar-refractivity contribution in [3.05, 3.63) is 251 Å². The topological polar surface area (TPSA) is 6.48 Å². The molecule has 0 aromatic heterocycles. The van der Waals surface area contributed by atoms with E-state index < -0.39 is 0 Å². The molecule has 9 aromatic rings. The molecule has 2 nitrogen and oxygen atoms in total. The standard InChI is InChI=1S/C65H54N2/c1-63(2)57-23-15-13-21-51(57)54-36-32-48(40-60(54)63)67(49-33-37-55-52-22-14-16-24-58(52)64(3,4)61(55)41-49)50-34-38-56-53-35-29-44(39-59(53)65(5,6)62(56)42-50)26-25-43-27-30-47(31-28-43)66(45-17-9-7-10-18-45)46-19-11-8-12-20-46/h7-42H,1-6H3/b26-25+. The van der Waals surface area contributed by atoms with Crippen LogP contribution in [0.25, 0.3) is 45.5 Å². The molecule has 9 aromatic carbocycles. The first-order valence-electron chi connectivity index (χ1n) is 23.8. The van der Waals surface area contributed by atoms with Crippen molar-refractivity contribution in [3.8, 4) is 33.4 Å². The van der Waals surface area contributed by atoms with Gasteiger partial charge in [-0.3, -0.25) is 0 Å². The fourth-order valence-electron chi connectivity index (χ4n) is 11.6. The Bertz CT molecular complexity index is 3280. The zero-order chi connectivity index (χ0) is 45.7. The Kier molecular flexibility index (Phi) is 9.25. The van der Waals surface area contributed by atoms with Gasteiger partial charge in [0.15, 0.2) is 0 Å². The normalized spacial score (nSPS) is 15.0. The van der Waals surface area contributed by atoms with Crippen LogP contribution in [0.3, 0.4) is 0 Å². The van der Waals surface area contributed by atoms with E-state index in [-0.39, 0.29) is 16.2 Å². The Hall–Kier alpha value is -7.68. The first-order chi connectivity index (χ1) is 32.5. The van der Waals surface area contributed by atoms with Crippen LogP contribution in [-0.2, 0) is 16.2 Å². The van der Waals surface area contributed by atoms with Gasteiger partial charge < -0.3 is 9.80 Å². The molecule has 0 bridgehead atoms. The largest absolute Gasteiger partial charge is 0.311 e. The van der Waals surface area contributed by atoms with Gasteiger partial charge in [-0.2, -0.15) is 0 Å². The predicted molar refractivity (Wildman–Crippen MR) is 284 cm³/mol. The lowest BCUT2D eigenvalue weighted by atomic mass is 9.81. The number of benzene rings is 9. The first-order valence-corrected chi connectivity index (χ1v) is 23.8. The zero-order valence-corrected chi connectivity index (χ0v) is 39.2. The van der Waals surface area contributed by atoms with Crippen LogP contribution >= 0.6 is 0 Å². The molecule has 0 amide bonds. The van der Waals surface area contributed by atoms with Crippen LogP contribution in [0.1, 0.15) is 86.1 Å². The van der Waals surface area contributed by atoms with E-state index in [1.54, 1.807) is 0 Å². The Morgan fingerprint density at radius 1 is 0.254 bits per heavy atom. The van der Waals surface area contributed by atoms with Crippen LogP contribution in [0, 0.1) is 0 Å². The molecule has 0 saturated carbocycles. The molecule has 0 fully saturated rings. The van der Waals surface area contributed by atoms with Crippen LogP contribution in [-0.4, -0.2) is 0 Å². The van der Waals surface area contributed by atoms with Gasteiger partial charge in [0.05, 0.1) is 0 Å². The molecule has 12 rings (SSSR count). The molecule has 3 aliphatic rings. The Morgan fingerprint density at radius 2 is 0.552 bits per heavy atom. The monoisotopic (exact) mass is 862 g/mol. The minimum absolute atomic E-state index is 0.113. The van der Waals surface area contributed by atoms with E-state index in [9.17, 15) is 0 Å². The number of nitrogens with zero attached hydrogens (tertiary/aromatic N) is 2. The maximum atomic E-state index is 2.51. The molecule has 0 atom stereocenters. The summed E-state index contributed by atoms with van der Waals surface area (Å²) in [4.78, 5) is 4.81. The Morgan fingerprint density at radius 3 is 1.01 bits per heavy atom. The molecular formula is C65H54N2. The summed E-state index contributed by atoms with van der Waals surface area (Å²) in [6.07, 6.45) is 4.49. The second kappa shape index (κ2) is 15.2. The second-order valence-corrected chi connectivity index (χ2v) is 20.2. The Balaban J connectivity index is 0.896. The highest BCUT2D eigenvalue weighted by Gasteiger charge is 2.39. The summed E-state index contributed by atoms with van der Waals surface area (Å²) in [5, 5.41) is 0. The first kappa shape index (κ1) is 40.8. The fourth-order valence-corrected chi connectivity index (χ4v) is 11.6. The van der Waals surface area contributed by atoms with Gasteiger partial charge in [-0.15, -0.1) is 0 Å². The summed E-state index contributed by atoms with van der Waals surface area (Å²) in [6.45, 7) is 14.3. The van der Waals surface area contributed by atoms with Gasteiger partial charge in [-0.05, 0) is 151 Å². The van der Waals surface area contributed by atoms with Gasteiger partial charge in [0.2, 0.25) is 0 Å². The highest BCUT2D eigenvalue weighted by atomic mass is 15.1. The van der Waals surface area contributed by atoms with E-state index in [4.69, 9.17) is 0 Å². The molecule has 0 unspecified atom stereocenters. The van der Waals surface area contributed by atoms with E-state index in [1.165, 1.54) is 89.4 Å². The average molecular weight is 863 g/mol. The number of anilines is 6. The number of hydrogen-bond donors (Lipinski definition) is 0. The van der Waals surface area contributed by atoms with Gasteiger partial charge >= 0.3 is 0 Å². The van der Waals surface area contributed by atoms with Crippen molar-refractivity contribution in [1.82, 2.24) is 0 Å². The van der Waals surface area contributed by atoms with Crippen molar-refractivity contribution in [2.45, 2.75) is 57.8 Å². The van der Waals surface area contributed by atoms with E-state index in [2.05, 4.69) is 270 Å². The summed E-state index contributed by atoms with van der Waals surface area (Å²) in [5.41, 5.74) is 25.1. The molecule has 0 aliphatic heterocycles. The maximum Gasteiger partial charge on any atom is 0.0465 e. The smallest absolute Gasteiger partial charge is 0.0465 e. The van der Waals surface area contributed by atoms with Gasteiger partial charge in [0.1, 0.15) is 0 Å². The average Bonchev–Trinajstić information content (AvgIpc) is 3.83. The third-order valence-electron chi connectivity index (χ3n) is 15.2. The summed E-state index contributed by atoms with van der Waals surface area (Å²) >= 11 is 0. The molecule has 0 spiro atoms. The highest BCUT2D eigenvalue weighted by molar-refractivity contribution is 5.91. The van der Waals surface area contributed by atoms with E-state index in [0.717, 1.165) is 22.6 Å². The number of fused-ring (bicyclic) bond motifs is 9. The van der Waals surface area contributed by atoms with Crippen molar-refractivity contribution in [1.29, 1.82) is 0 Å². The molecule has 0 radical (unpaired) electrons. The molecule has 0 N–H and O–H groups in total. The van der Waals surface area contributed by atoms with Gasteiger partial charge in [-0.1, -0.05) is 187 Å². The number of hydrogen-bond acceptors (Lipinski definition) is 2. The lowest BCUT2D eigenvalue weighted by Gasteiger charge is -2.31. The minimum atomic E-state index is -0.209. The van der Waals surface area contributed by atoms with Crippen LogP contribution in [0.5, 0.6) is 0 Å². The fraction of sp³-hybridized carbons (Fsp3) is 0.138. The molecule has 0 heterocycles. The van der Waals surface area contributed by atoms with E-state index >= 15 is 0 Å². The molecule has 2 heteroatoms. The van der Waals surface area contributed by atoms with Gasteiger partial charge in [0.25, 0.3) is 0 Å². The van der Waals surface area contributed by atoms with Crippen LogP contribution in [0.2, 0.25) is 0 Å². The molecule has 67 heavy (non-hydrogen) atoms. The van der Waals surface area contributed by atoms with Crippen LogP contribution in [0.4, 0.5) is 34.1 Å². The van der Waals surface area contributed by atoms with E-state index in [1.807, 2.05) is 0 Å². The van der Waals surface area contributed by atoms with Gasteiger partial charge in [0, 0.05) is 50.4 Å². The molecule has 0 saturated heterocycles. The third kappa shape index (κ3) is 6.45.